The van der Waals surface area contributed by atoms with Crippen molar-refractivity contribution in [3.05, 3.63) is 101 Å². The van der Waals surface area contributed by atoms with Crippen molar-refractivity contribution in [1.82, 2.24) is 24.5 Å². The van der Waals surface area contributed by atoms with Crippen LogP contribution in [0.4, 0.5) is 5.82 Å². The fourth-order valence-corrected chi connectivity index (χ4v) is 4.80. The molecule has 12 heteroatoms. The van der Waals surface area contributed by atoms with Crippen LogP contribution < -0.4 is 25.1 Å². The maximum Gasteiger partial charge on any atom is 0.285 e. The number of nitrogens with one attached hydrogen (secondary N) is 1. The van der Waals surface area contributed by atoms with E-state index in [0.717, 1.165) is 0 Å². The van der Waals surface area contributed by atoms with Crippen molar-refractivity contribution in [2.45, 2.75) is 6.92 Å². The summed E-state index contributed by atoms with van der Waals surface area (Å²) in [7, 11) is 4.80. The van der Waals surface area contributed by atoms with Gasteiger partial charge >= 0.3 is 0 Å². The summed E-state index contributed by atoms with van der Waals surface area (Å²) in [5.41, 5.74) is 1.30. The highest BCUT2D eigenvalue weighted by Gasteiger charge is 2.28. The molecule has 6 rings (SSSR count). The number of hydrogen-bond acceptors (Lipinski definition) is 9. The summed E-state index contributed by atoms with van der Waals surface area (Å²) in [6.07, 6.45) is 3.10. The minimum Gasteiger partial charge on any atom is -0.493 e. The molecule has 0 spiro atoms. The molecule has 0 saturated heterocycles. The molecule has 0 aliphatic rings. The highest BCUT2D eigenvalue weighted by molar-refractivity contribution is 6.07. The summed E-state index contributed by atoms with van der Waals surface area (Å²) in [5.74, 6) is 2.16. The molecule has 12 nitrogen and oxygen atoms in total. The summed E-state index contributed by atoms with van der Waals surface area (Å²) >= 11 is 0. The highest BCUT2D eigenvalue weighted by Crippen LogP contribution is 2.37. The van der Waals surface area contributed by atoms with Gasteiger partial charge in [-0.15, -0.1) is 0 Å². The Morgan fingerprint density at radius 1 is 0.930 bits per heavy atom. The third-order valence-electron chi connectivity index (χ3n) is 6.78. The number of aromatic nitrogens is 5. The predicted molar refractivity (Wildman–Crippen MR) is 158 cm³/mol. The van der Waals surface area contributed by atoms with Crippen LogP contribution >= 0.6 is 0 Å². The van der Waals surface area contributed by atoms with Crippen LogP contribution in [0, 0.1) is 6.92 Å². The van der Waals surface area contributed by atoms with Gasteiger partial charge < -0.3 is 24.1 Å². The molecule has 0 bridgehead atoms. The first-order valence-electron chi connectivity index (χ1n) is 13.1. The maximum absolute atomic E-state index is 13.6. The van der Waals surface area contributed by atoms with Gasteiger partial charge in [0.05, 0.1) is 31.6 Å². The van der Waals surface area contributed by atoms with Crippen molar-refractivity contribution < 1.29 is 23.5 Å². The summed E-state index contributed by atoms with van der Waals surface area (Å²) in [4.78, 5) is 35.9. The zero-order valence-electron chi connectivity index (χ0n) is 23.7. The van der Waals surface area contributed by atoms with Gasteiger partial charge in [-0.1, -0.05) is 23.4 Å². The standard InChI is InChI=1S/C31H26N6O6/c1-18-14-23(35-43-18)29-28(31(39)37(36(29)2)19-8-6-5-7-9-19)30(38)34-27-11-10-20(17-33-27)42-24-12-13-32-22-16-26(41-4)25(40-3)15-21(22)24/h5-17H,1-4H3,(H,33,34,38). The van der Waals surface area contributed by atoms with E-state index in [0.29, 0.717) is 56.7 Å². The van der Waals surface area contributed by atoms with E-state index in [-0.39, 0.29) is 11.4 Å². The van der Waals surface area contributed by atoms with Crippen LogP contribution in [0.25, 0.3) is 28.0 Å². The number of aryl methyl sites for hydroxylation is 1. The summed E-state index contributed by atoms with van der Waals surface area (Å²) in [6, 6.07) is 19.2. The molecule has 0 saturated carbocycles. The number of benzene rings is 2. The number of fused-ring (bicyclic) bond motifs is 1. The van der Waals surface area contributed by atoms with Crippen LogP contribution in [0.15, 0.2) is 88.4 Å². The number of anilines is 1. The summed E-state index contributed by atoms with van der Waals surface area (Å²) < 4.78 is 25.1. The van der Waals surface area contributed by atoms with Crippen molar-refractivity contribution in [2.24, 2.45) is 7.05 Å². The lowest BCUT2D eigenvalue weighted by Gasteiger charge is -2.12. The van der Waals surface area contributed by atoms with Crippen LogP contribution in [0.2, 0.25) is 0 Å². The SMILES string of the molecule is COc1cc2nccc(Oc3ccc(NC(=O)c4c(-c5cc(C)on5)n(C)n(-c5ccccc5)c4=O)nc3)c2cc1OC. The van der Waals surface area contributed by atoms with E-state index in [1.165, 1.54) is 10.9 Å². The van der Waals surface area contributed by atoms with Crippen molar-refractivity contribution in [3.63, 3.8) is 0 Å². The molecule has 1 N–H and O–H groups in total. The Hall–Kier alpha value is -5.91. The zero-order valence-corrected chi connectivity index (χ0v) is 23.7. The molecule has 2 aromatic carbocycles. The monoisotopic (exact) mass is 578 g/mol. The Morgan fingerprint density at radius 2 is 1.70 bits per heavy atom. The second kappa shape index (κ2) is 11.2. The first-order valence-corrected chi connectivity index (χ1v) is 13.1. The first-order chi connectivity index (χ1) is 20.9. The first kappa shape index (κ1) is 27.3. The van der Waals surface area contributed by atoms with E-state index < -0.39 is 11.5 Å². The van der Waals surface area contributed by atoms with E-state index in [4.69, 9.17) is 18.7 Å². The van der Waals surface area contributed by atoms with Crippen LogP contribution in [0.5, 0.6) is 23.0 Å². The molecule has 43 heavy (non-hydrogen) atoms. The molecule has 4 heterocycles. The molecule has 1 amide bonds. The topological polar surface area (TPSA) is 136 Å². The lowest BCUT2D eigenvalue weighted by Crippen LogP contribution is -2.25. The molecule has 6 aromatic rings. The third kappa shape index (κ3) is 5.05. The number of hydrogen-bond donors (Lipinski definition) is 1. The fourth-order valence-electron chi connectivity index (χ4n) is 4.80. The van der Waals surface area contributed by atoms with Gasteiger partial charge in [-0.2, -0.15) is 0 Å². The number of pyridine rings is 2. The van der Waals surface area contributed by atoms with E-state index in [2.05, 4.69) is 20.4 Å². The Balaban J connectivity index is 1.30. The number of methoxy groups -OCH3 is 2. The number of nitrogens with zero attached hydrogens (tertiary/aromatic N) is 5. The second-order valence-corrected chi connectivity index (χ2v) is 9.49. The van der Waals surface area contributed by atoms with Crippen LogP contribution in [-0.2, 0) is 7.05 Å². The Morgan fingerprint density at radius 3 is 2.37 bits per heavy atom. The van der Waals surface area contributed by atoms with Crippen molar-refractivity contribution in [1.29, 1.82) is 0 Å². The van der Waals surface area contributed by atoms with Gasteiger partial charge in [-0.05, 0) is 43.3 Å². The van der Waals surface area contributed by atoms with Gasteiger partial charge in [0, 0.05) is 30.8 Å². The summed E-state index contributed by atoms with van der Waals surface area (Å²) in [6.45, 7) is 1.73. The van der Waals surface area contributed by atoms with E-state index in [1.807, 2.05) is 18.2 Å². The predicted octanol–water partition coefficient (Wildman–Crippen LogP) is 5.14. The van der Waals surface area contributed by atoms with Crippen molar-refractivity contribution in [2.75, 3.05) is 19.5 Å². The quantitative estimate of drug-likeness (QED) is 0.260. The molecular formula is C31H26N6O6. The number of carbonyl (C=O) groups is 1. The largest absolute Gasteiger partial charge is 0.493 e. The molecule has 4 aromatic heterocycles. The second-order valence-electron chi connectivity index (χ2n) is 9.49. The van der Waals surface area contributed by atoms with E-state index in [9.17, 15) is 9.59 Å². The van der Waals surface area contributed by atoms with E-state index >= 15 is 0 Å². The Kier molecular flexibility index (Phi) is 7.08. The number of para-hydroxylation sites is 1. The molecule has 0 aliphatic carbocycles. The van der Waals surface area contributed by atoms with Crippen LogP contribution in [0.3, 0.4) is 0 Å². The number of carbonyl (C=O) groups excluding carboxylic acids is 1. The van der Waals surface area contributed by atoms with Gasteiger partial charge in [0.2, 0.25) is 0 Å². The average molecular weight is 579 g/mol. The normalized spacial score (nSPS) is 11.0. The van der Waals surface area contributed by atoms with Gasteiger partial charge in [0.25, 0.3) is 11.5 Å². The van der Waals surface area contributed by atoms with Crippen LogP contribution in [0.1, 0.15) is 16.1 Å². The molecule has 0 aliphatic heterocycles. The molecule has 0 atom stereocenters. The number of ether oxygens (including phenoxy) is 3. The molecule has 216 valence electrons. The smallest absolute Gasteiger partial charge is 0.285 e. The van der Waals surface area contributed by atoms with Gasteiger partial charge in [-0.3, -0.25) is 19.3 Å². The lowest BCUT2D eigenvalue weighted by molar-refractivity contribution is 0.102. The van der Waals surface area contributed by atoms with Gasteiger partial charge in [-0.25, -0.2) is 9.67 Å². The van der Waals surface area contributed by atoms with Gasteiger partial charge in [0.1, 0.15) is 40.0 Å². The molecule has 0 unspecified atom stereocenters. The van der Waals surface area contributed by atoms with E-state index in [1.54, 1.807) is 87.6 Å². The minimum absolute atomic E-state index is 0.102. The van der Waals surface area contributed by atoms with Gasteiger partial charge in [0.15, 0.2) is 11.5 Å². The van der Waals surface area contributed by atoms with Crippen molar-refractivity contribution in [3.8, 4) is 40.1 Å². The van der Waals surface area contributed by atoms with Crippen LogP contribution in [-0.4, -0.2) is 44.6 Å². The highest BCUT2D eigenvalue weighted by atomic mass is 16.5. The average Bonchev–Trinajstić information content (AvgIpc) is 3.56. The fraction of sp³-hybridized carbons (Fsp3) is 0.129. The maximum atomic E-state index is 13.6. The molecular weight excluding hydrogens is 552 g/mol. The Labute approximate surface area is 245 Å². The lowest BCUT2D eigenvalue weighted by atomic mass is 10.1. The summed E-state index contributed by atoms with van der Waals surface area (Å²) in [5, 5.41) is 7.50. The molecule has 0 radical (unpaired) electrons. The third-order valence-corrected chi connectivity index (χ3v) is 6.78. The zero-order chi connectivity index (χ0) is 30.1. The minimum atomic E-state index is -0.645. The molecule has 0 fully saturated rings. The number of rotatable bonds is 8. The Bertz CT molecular complexity index is 2010. The van der Waals surface area contributed by atoms with Crippen molar-refractivity contribution >= 4 is 22.6 Å². The number of amides is 1.